The summed E-state index contributed by atoms with van der Waals surface area (Å²) >= 11 is 0. The van der Waals surface area contributed by atoms with Crippen molar-refractivity contribution in [2.24, 2.45) is 5.73 Å². The molecule has 2 rings (SSSR count). The molecule has 6 heteroatoms. The first-order valence-electron chi connectivity index (χ1n) is 4.28. The zero-order valence-corrected chi connectivity index (χ0v) is 7.43. The van der Waals surface area contributed by atoms with Gasteiger partial charge in [-0.2, -0.15) is 0 Å². The predicted molar refractivity (Wildman–Crippen MR) is 47.1 cm³/mol. The molecule has 0 radical (unpaired) electrons. The topological polar surface area (TPSA) is 90.1 Å². The summed E-state index contributed by atoms with van der Waals surface area (Å²) in [4.78, 5) is 23.9. The van der Waals surface area contributed by atoms with E-state index in [2.05, 4.69) is 15.4 Å². The van der Waals surface area contributed by atoms with Crippen molar-refractivity contribution in [3.05, 3.63) is 18.2 Å². The van der Waals surface area contributed by atoms with Crippen LogP contribution in [0, 0.1) is 0 Å². The van der Waals surface area contributed by atoms with Gasteiger partial charge in [0.05, 0.1) is 11.9 Å². The lowest BCUT2D eigenvalue weighted by atomic mass is 10.1. The molecule has 1 aromatic heterocycles. The number of nitrogens with two attached hydrogens (primary N) is 1. The van der Waals surface area contributed by atoms with E-state index < -0.39 is 11.9 Å². The van der Waals surface area contributed by atoms with Crippen LogP contribution in [-0.4, -0.2) is 21.9 Å². The Morgan fingerprint density at radius 3 is 3.36 bits per heavy atom. The zero-order valence-electron chi connectivity index (χ0n) is 7.43. The van der Waals surface area contributed by atoms with E-state index in [0.29, 0.717) is 18.6 Å². The minimum atomic E-state index is -0.468. The molecule has 0 saturated heterocycles. The van der Waals surface area contributed by atoms with E-state index in [1.807, 2.05) is 0 Å². The van der Waals surface area contributed by atoms with Gasteiger partial charge in [0.25, 0.3) is 0 Å². The molecule has 3 N–H and O–H groups in total. The number of nitrogens with one attached hydrogen (secondary N) is 1. The van der Waals surface area contributed by atoms with Crippen molar-refractivity contribution in [3.63, 3.8) is 0 Å². The van der Waals surface area contributed by atoms with Gasteiger partial charge in [-0.05, 0) is 12.8 Å². The Morgan fingerprint density at radius 1 is 1.71 bits per heavy atom. The van der Waals surface area contributed by atoms with Gasteiger partial charge in [-0.1, -0.05) is 0 Å². The molecule has 1 aliphatic heterocycles. The maximum Gasteiger partial charge on any atom is 0.237 e. The first-order valence-corrected chi connectivity index (χ1v) is 4.28. The van der Waals surface area contributed by atoms with Crippen LogP contribution in [-0.2, 0) is 11.2 Å². The van der Waals surface area contributed by atoms with E-state index >= 15 is 0 Å². The molecule has 0 saturated carbocycles. The number of carbonyl (C=O) groups excluding carboxylic acids is 1. The second-order valence-corrected chi connectivity index (χ2v) is 3.05. The van der Waals surface area contributed by atoms with Gasteiger partial charge in [0.2, 0.25) is 5.91 Å². The van der Waals surface area contributed by atoms with Crippen molar-refractivity contribution in [1.29, 1.82) is 0 Å². The molecular formula is C8H10N4O2. The standard InChI is InChI=1S/C8H10N4O2/c9-8(13)6-2-1-5-7(14-12-6)3-10-4-11-5/h3-4,6,12H,1-2H2,(H2,9,13). The molecule has 1 amide bonds. The Hall–Kier alpha value is -1.69. The maximum absolute atomic E-state index is 10.9. The Balaban J connectivity index is 2.18. The molecule has 0 spiro atoms. The van der Waals surface area contributed by atoms with Gasteiger partial charge >= 0.3 is 0 Å². The fraction of sp³-hybridized carbons (Fsp3) is 0.375. The van der Waals surface area contributed by atoms with Gasteiger partial charge in [0.1, 0.15) is 12.4 Å². The van der Waals surface area contributed by atoms with Crippen LogP contribution in [0.5, 0.6) is 5.75 Å². The van der Waals surface area contributed by atoms with E-state index in [1.54, 1.807) is 6.20 Å². The van der Waals surface area contributed by atoms with Crippen molar-refractivity contribution < 1.29 is 9.63 Å². The second-order valence-electron chi connectivity index (χ2n) is 3.05. The summed E-state index contributed by atoms with van der Waals surface area (Å²) in [6.07, 6.45) is 4.24. The minimum Gasteiger partial charge on any atom is -0.404 e. The summed E-state index contributed by atoms with van der Waals surface area (Å²) in [5.41, 5.74) is 8.52. The number of hydrogen-bond donors (Lipinski definition) is 2. The average Bonchev–Trinajstić information content (AvgIpc) is 2.39. The van der Waals surface area contributed by atoms with Crippen molar-refractivity contribution in [3.8, 4) is 5.75 Å². The lowest BCUT2D eigenvalue weighted by Gasteiger charge is -2.10. The highest BCUT2D eigenvalue weighted by molar-refractivity contribution is 5.79. The molecule has 0 bridgehead atoms. The number of hydrogen-bond acceptors (Lipinski definition) is 5. The fourth-order valence-electron chi connectivity index (χ4n) is 1.29. The van der Waals surface area contributed by atoms with Gasteiger partial charge in [-0.25, -0.2) is 9.97 Å². The van der Waals surface area contributed by atoms with Gasteiger partial charge in [0.15, 0.2) is 5.75 Å². The Kier molecular flexibility index (Phi) is 2.28. The zero-order chi connectivity index (χ0) is 9.97. The summed E-state index contributed by atoms with van der Waals surface area (Å²) < 4.78 is 0. The highest BCUT2D eigenvalue weighted by atomic mass is 16.6. The molecule has 0 aliphatic carbocycles. The van der Waals surface area contributed by atoms with Crippen molar-refractivity contribution in [2.75, 3.05) is 0 Å². The van der Waals surface area contributed by atoms with E-state index in [4.69, 9.17) is 10.6 Å². The first kappa shape index (κ1) is 8.89. The Bertz CT molecular complexity index is 328. The number of nitrogens with zero attached hydrogens (tertiary/aromatic N) is 2. The Morgan fingerprint density at radius 2 is 2.57 bits per heavy atom. The molecule has 1 aromatic rings. The molecular weight excluding hydrogens is 184 g/mol. The minimum absolute atomic E-state index is 0.425. The Labute approximate surface area is 80.4 Å². The number of rotatable bonds is 1. The fourth-order valence-corrected chi connectivity index (χ4v) is 1.29. The van der Waals surface area contributed by atoms with Crippen LogP contribution in [0.25, 0.3) is 0 Å². The quantitative estimate of drug-likeness (QED) is 0.608. The molecule has 1 unspecified atom stereocenters. The number of carbonyl (C=O) groups is 1. The highest BCUT2D eigenvalue weighted by Crippen LogP contribution is 2.18. The average molecular weight is 194 g/mol. The first-order chi connectivity index (χ1) is 6.77. The van der Waals surface area contributed by atoms with Crippen LogP contribution in [0.3, 0.4) is 0 Å². The van der Waals surface area contributed by atoms with Crippen LogP contribution < -0.4 is 16.1 Å². The van der Waals surface area contributed by atoms with E-state index in [-0.39, 0.29) is 0 Å². The SMILES string of the molecule is NC(=O)C1CCc2ncncc2ON1. The lowest BCUT2D eigenvalue weighted by molar-refractivity contribution is -0.122. The van der Waals surface area contributed by atoms with E-state index in [1.165, 1.54) is 6.33 Å². The summed E-state index contributed by atoms with van der Waals surface area (Å²) in [6.45, 7) is 0. The molecule has 74 valence electrons. The number of aryl methyl sites for hydroxylation is 1. The second kappa shape index (κ2) is 3.59. The smallest absolute Gasteiger partial charge is 0.237 e. The van der Waals surface area contributed by atoms with Crippen LogP contribution in [0.1, 0.15) is 12.1 Å². The molecule has 14 heavy (non-hydrogen) atoms. The van der Waals surface area contributed by atoms with Crippen LogP contribution in [0.4, 0.5) is 0 Å². The normalized spacial score (nSPS) is 20.4. The number of fused-ring (bicyclic) bond motifs is 1. The molecule has 1 aliphatic rings. The number of hydroxylamine groups is 1. The third-order valence-corrected chi connectivity index (χ3v) is 2.08. The summed E-state index contributed by atoms with van der Waals surface area (Å²) in [6, 6.07) is -0.468. The van der Waals surface area contributed by atoms with Gasteiger partial charge in [0, 0.05) is 0 Å². The van der Waals surface area contributed by atoms with E-state index in [9.17, 15) is 4.79 Å². The summed E-state index contributed by atoms with van der Waals surface area (Å²) in [7, 11) is 0. The largest absolute Gasteiger partial charge is 0.404 e. The third-order valence-electron chi connectivity index (χ3n) is 2.08. The molecule has 1 atom stereocenters. The van der Waals surface area contributed by atoms with E-state index in [0.717, 1.165) is 5.69 Å². The molecule has 2 heterocycles. The number of primary amides is 1. The predicted octanol–water partition coefficient (Wildman–Crippen LogP) is -0.840. The molecule has 0 fully saturated rings. The molecule has 6 nitrogen and oxygen atoms in total. The van der Waals surface area contributed by atoms with Crippen molar-refractivity contribution in [2.45, 2.75) is 18.9 Å². The van der Waals surface area contributed by atoms with Gasteiger partial charge in [-0.3, -0.25) is 4.79 Å². The maximum atomic E-state index is 10.9. The lowest BCUT2D eigenvalue weighted by Crippen LogP contribution is -2.42. The van der Waals surface area contributed by atoms with Crippen LogP contribution in [0.15, 0.2) is 12.5 Å². The van der Waals surface area contributed by atoms with Gasteiger partial charge < -0.3 is 10.6 Å². The summed E-state index contributed by atoms with van der Waals surface area (Å²) in [5, 5.41) is 0. The molecule has 0 aromatic carbocycles. The van der Waals surface area contributed by atoms with Gasteiger partial charge in [-0.15, -0.1) is 5.48 Å². The van der Waals surface area contributed by atoms with Crippen LogP contribution >= 0.6 is 0 Å². The van der Waals surface area contributed by atoms with Crippen LogP contribution in [0.2, 0.25) is 0 Å². The third kappa shape index (κ3) is 1.64. The number of amides is 1. The van der Waals surface area contributed by atoms with Crippen molar-refractivity contribution >= 4 is 5.91 Å². The summed E-state index contributed by atoms with van der Waals surface area (Å²) in [5.74, 6) is 0.127. The highest BCUT2D eigenvalue weighted by Gasteiger charge is 2.21. The monoisotopic (exact) mass is 194 g/mol. The van der Waals surface area contributed by atoms with Crippen molar-refractivity contribution in [1.82, 2.24) is 15.4 Å². The number of aromatic nitrogens is 2.